The summed E-state index contributed by atoms with van der Waals surface area (Å²) in [5.74, 6) is 0.714. The maximum absolute atomic E-state index is 12.1. The summed E-state index contributed by atoms with van der Waals surface area (Å²) in [4.78, 5) is 0. The van der Waals surface area contributed by atoms with Crippen molar-refractivity contribution in [2.75, 3.05) is 18.8 Å². The van der Waals surface area contributed by atoms with Gasteiger partial charge in [-0.25, -0.2) is 8.42 Å². The summed E-state index contributed by atoms with van der Waals surface area (Å²) < 4.78 is 25.9. The van der Waals surface area contributed by atoms with Crippen molar-refractivity contribution in [3.05, 3.63) is 0 Å². The lowest BCUT2D eigenvalue weighted by Crippen LogP contribution is -2.50. The van der Waals surface area contributed by atoms with Crippen LogP contribution < -0.4 is 5.73 Å². The van der Waals surface area contributed by atoms with E-state index in [1.54, 1.807) is 4.31 Å². The van der Waals surface area contributed by atoms with E-state index in [9.17, 15) is 8.42 Å². The van der Waals surface area contributed by atoms with Gasteiger partial charge in [0.05, 0.1) is 5.75 Å². The Morgan fingerprint density at radius 3 is 2.56 bits per heavy atom. The van der Waals surface area contributed by atoms with E-state index < -0.39 is 10.0 Å². The number of hydrogen-bond acceptors (Lipinski definition) is 3. The van der Waals surface area contributed by atoms with Gasteiger partial charge in [0, 0.05) is 19.1 Å². The average molecular weight is 246 g/mol. The Kier molecular flexibility index (Phi) is 3.87. The molecule has 0 amide bonds. The van der Waals surface area contributed by atoms with E-state index >= 15 is 0 Å². The van der Waals surface area contributed by atoms with Gasteiger partial charge in [-0.2, -0.15) is 4.31 Å². The number of nitrogens with two attached hydrogens (primary N) is 1. The summed E-state index contributed by atoms with van der Waals surface area (Å²) in [6, 6.07) is 0.277. The van der Waals surface area contributed by atoms with Crippen LogP contribution in [0, 0.1) is 5.92 Å². The van der Waals surface area contributed by atoms with E-state index in [0.717, 1.165) is 12.8 Å². The van der Waals surface area contributed by atoms with Gasteiger partial charge in [-0.15, -0.1) is 0 Å². The first-order valence-electron chi connectivity index (χ1n) is 6.35. The quantitative estimate of drug-likeness (QED) is 0.805. The Morgan fingerprint density at radius 1 is 1.12 bits per heavy atom. The summed E-state index contributed by atoms with van der Waals surface area (Å²) in [5, 5.41) is 0. The van der Waals surface area contributed by atoms with Crippen molar-refractivity contribution in [3.63, 3.8) is 0 Å². The second-order valence-electron chi connectivity index (χ2n) is 4.97. The molecule has 4 nitrogen and oxygen atoms in total. The molecule has 1 aliphatic carbocycles. The van der Waals surface area contributed by atoms with Crippen molar-refractivity contribution in [1.29, 1.82) is 0 Å². The SMILES string of the molecule is NCCS(=O)(=O)N1CCC[C@H]2CCCC[C@H]21. The van der Waals surface area contributed by atoms with E-state index in [0.29, 0.717) is 12.5 Å². The molecular weight excluding hydrogens is 224 g/mol. The highest BCUT2D eigenvalue weighted by Crippen LogP contribution is 2.36. The van der Waals surface area contributed by atoms with Gasteiger partial charge in [-0.1, -0.05) is 12.8 Å². The lowest BCUT2D eigenvalue weighted by atomic mass is 9.79. The number of sulfonamides is 1. The third-order valence-corrected chi connectivity index (χ3v) is 5.84. The van der Waals surface area contributed by atoms with Crippen molar-refractivity contribution in [2.24, 2.45) is 11.7 Å². The first kappa shape index (κ1) is 12.3. The van der Waals surface area contributed by atoms with Crippen molar-refractivity contribution >= 4 is 10.0 Å². The largest absolute Gasteiger partial charge is 0.329 e. The maximum Gasteiger partial charge on any atom is 0.215 e. The smallest absolute Gasteiger partial charge is 0.215 e. The average Bonchev–Trinajstić information content (AvgIpc) is 2.28. The third kappa shape index (κ3) is 2.41. The lowest BCUT2D eigenvalue weighted by molar-refractivity contribution is 0.129. The predicted octanol–water partition coefficient (Wildman–Crippen LogP) is 0.929. The predicted molar refractivity (Wildman–Crippen MR) is 64.5 cm³/mol. The Bertz CT molecular complexity index is 327. The van der Waals surface area contributed by atoms with Gasteiger partial charge in [-0.3, -0.25) is 0 Å². The lowest BCUT2D eigenvalue weighted by Gasteiger charge is -2.43. The molecule has 5 heteroatoms. The Balaban J connectivity index is 2.13. The topological polar surface area (TPSA) is 63.4 Å². The zero-order valence-corrected chi connectivity index (χ0v) is 10.6. The van der Waals surface area contributed by atoms with Gasteiger partial charge in [-0.05, 0) is 31.6 Å². The molecule has 2 atom stereocenters. The van der Waals surface area contributed by atoms with Crippen LogP contribution in [-0.2, 0) is 10.0 Å². The monoisotopic (exact) mass is 246 g/mol. The van der Waals surface area contributed by atoms with Crippen LogP contribution >= 0.6 is 0 Å². The van der Waals surface area contributed by atoms with Crippen LogP contribution in [-0.4, -0.2) is 37.6 Å². The van der Waals surface area contributed by atoms with Crippen LogP contribution in [0.2, 0.25) is 0 Å². The zero-order valence-electron chi connectivity index (χ0n) is 9.77. The second-order valence-corrected chi connectivity index (χ2v) is 7.01. The Hall–Kier alpha value is -0.130. The van der Waals surface area contributed by atoms with Gasteiger partial charge in [0.1, 0.15) is 0 Å². The molecule has 2 N–H and O–H groups in total. The summed E-state index contributed by atoms with van der Waals surface area (Å²) in [7, 11) is -3.10. The highest BCUT2D eigenvalue weighted by Gasteiger charge is 2.38. The highest BCUT2D eigenvalue weighted by molar-refractivity contribution is 7.89. The highest BCUT2D eigenvalue weighted by atomic mass is 32.2. The van der Waals surface area contributed by atoms with Gasteiger partial charge < -0.3 is 5.73 Å². The van der Waals surface area contributed by atoms with Crippen molar-refractivity contribution in [3.8, 4) is 0 Å². The number of piperidine rings is 1. The number of nitrogens with zero attached hydrogens (tertiary/aromatic N) is 1. The van der Waals surface area contributed by atoms with E-state index in [-0.39, 0.29) is 18.3 Å². The molecule has 1 heterocycles. The third-order valence-electron chi connectivity index (χ3n) is 3.93. The van der Waals surface area contributed by atoms with Gasteiger partial charge in [0.2, 0.25) is 10.0 Å². The molecule has 16 heavy (non-hydrogen) atoms. The Labute approximate surface area is 98.2 Å². The first-order chi connectivity index (χ1) is 7.65. The van der Waals surface area contributed by atoms with Crippen molar-refractivity contribution < 1.29 is 8.42 Å². The fourth-order valence-electron chi connectivity index (χ4n) is 3.19. The van der Waals surface area contributed by atoms with Crippen LogP contribution in [0.25, 0.3) is 0 Å². The molecular formula is C11H22N2O2S. The van der Waals surface area contributed by atoms with Gasteiger partial charge in [0.25, 0.3) is 0 Å². The number of rotatable bonds is 3. The molecule has 0 spiro atoms. The fourth-order valence-corrected chi connectivity index (χ4v) is 4.82. The summed E-state index contributed by atoms with van der Waals surface area (Å²) in [6.07, 6.45) is 6.93. The van der Waals surface area contributed by atoms with Crippen LogP contribution in [0.15, 0.2) is 0 Å². The molecule has 1 saturated carbocycles. The van der Waals surface area contributed by atoms with Crippen LogP contribution in [0.4, 0.5) is 0 Å². The second kappa shape index (κ2) is 5.02. The van der Waals surface area contributed by atoms with Crippen LogP contribution in [0.5, 0.6) is 0 Å². The van der Waals surface area contributed by atoms with Crippen molar-refractivity contribution in [1.82, 2.24) is 4.31 Å². The van der Waals surface area contributed by atoms with E-state index in [1.165, 1.54) is 25.7 Å². The molecule has 0 radical (unpaired) electrons. The normalized spacial score (nSPS) is 32.3. The first-order valence-corrected chi connectivity index (χ1v) is 7.95. The zero-order chi connectivity index (χ0) is 11.6. The summed E-state index contributed by atoms with van der Waals surface area (Å²) >= 11 is 0. The van der Waals surface area contributed by atoms with Crippen LogP contribution in [0.3, 0.4) is 0 Å². The van der Waals surface area contributed by atoms with E-state index in [1.807, 2.05) is 0 Å². The molecule has 0 aromatic rings. The number of hydrogen-bond donors (Lipinski definition) is 1. The van der Waals surface area contributed by atoms with Gasteiger partial charge >= 0.3 is 0 Å². The molecule has 2 rings (SSSR count). The minimum Gasteiger partial charge on any atom is -0.329 e. The number of fused-ring (bicyclic) bond motifs is 1. The molecule has 0 aromatic heterocycles. The molecule has 2 aliphatic rings. The molecule has 0 unspecified atom stereocenters. The summed E-state index contributed by atoms with van der Waals surface area (Å²) in [5.41, 5.74) is 5.38. The van der Waals surface area contributed by atoms with Gasteiger partial charge in [0.15, 0.2) is 0 Å². The Morgan fingerprint density at radius 2 is 1.81 bits per heavy atom. The minimum absolute atomic E-state index is 0.107. The van der Waals surface area contributed by atoms with E-state index in [4.69, 9.17) is 5.73 Å². The molecule has 1 saturated heterocycles. The van der Waals surface area contributed by atoms with E-state index in [2.05, 4.69) is 0 Å². The van der Waals surface area contributed by atoms with Crippen molar-refractivity contribution in [2.45, 2.75) is 44.6 Å². The molecule has 94 valence electrons. The molecule has 0 aromatic carbocycles. The standard InChI is InChI=1S/C11H22N2O2S/c12-7-9-16(14,15)13-8-3-5-10-4-1-2-6-11(10)13/h10-11H,1-9,12H2/t10-,11-/m1/s1. The maximum atomic E-state index is 12.1. The minimum atomic E-state index is -3.10. The molecule has 2 fully saturated rings. The molecule has 1 aliphatic heterocycles. The summed E-state index contributed by atoms with van der Waals surface area (Å²) in [6.45, 7) is 0.944. The fraction of sp³-hybridized carbons (Fsp3) is 1.00. The molecule has 0 bridgehead atoms. The van der Waals surface area contributed by atoms with Crippen LogP contribution in [0.1, 0.15) is 38.5 Å².